The molecular weight excluding hydrogens is 264 g/mol. The first-order valence-electron chi connectivity index (χ1n) is 8.22. The summed E-state index contributed by atoms with van der Waals surface area (Å²) in [6.45, 7) is 14.0. The van der Waals surface area contributed by atoms with Crippen LogP contribution < -0.4 is 5.32 Å². The summed E-state index contributed by atoms with van der Waals surface area (Å²) in [4.78, 5) is 14.3. The molecule has 0 aromatic heterocycles. The lowest BCUT2D eigenvalue weighted by Gasteiger charge is -2.40. The third kappa shape index (κ3) is 7.28. The highest BCUT2D eigenvalue weighted by atomic mass is 16.3. The van der Waals surface area contributed by atoms with E-state index >= 15 is 0 Å². The number of carbonyl (C=O) groups excluding carboxylic acids is 1. The van der Waals surface area contributed by atoms with Crippen molar-refractivity contribution in [1.82, 2.24) is 10.2 Å². The molecule has 0 aromatic rings. The molecule has 1 heterocycles. The Bertz CT molecular complexity index is 336. The standard InChI is InChI=1S/C17H34N2O2/c1-16(2,3)10-8-7-9-14(18-17(4,5)6)15(21)19-11-13(20)12-19/h13-14,18,20H,7-12H2,1-6H3. The van der Waals surface area contributed by atoms with Crippen LogP contribution >= 0.6 is 0 Å². The van der Waals surface area contributed by atoms with E-state index in [1.807, 2.05) is 0 Å². The molecule has 124 valence electrons. The number of aliphatic hydroxyl groups excluding tert-OH is 1. The van der Waals surface area contributed by atoms with Crippen LogP contribution in [-0.4, -0.2) is 46.7 Å². The second kappa shape index (κ2) is 7.10. The van der Waals surface area contributed by atoms with Crippen LogP contribution in [0.5, 0.6) is 0 Å². The molecule has 1 fully saturated rings. The molecule has 0 aromatic carbocycles. The van der Waals surface area contributed by atoms with Crippen LogP contribution in [0.1, 0.15) is 67.2 Å². The number of nitrogens with zero attached hydrogens (tertiary/aromatic N) is 1. The molecule has 0 saturated carbocycles. The van der Waals surface area contributed by atoms with Gasteiger partial charge in [-0.25, -0.2) is 0 Å². The normalized spacial score (nSPS) is 18.5. The lowest BCUT2D eigenvalue weighted by molar-refractivity contribution is -0.144. The number of nitrogens with one attached hydrogen (secondary N) is 1. The lowest BCUT2D eigenvalue weighted by Crippen LogP contribution is -2.60. The fourth-order valence-electron chi connectivity index (χ4n) is 2.64. The lowest BCUT2D eigenvalue weighted by atomic mass is 9.89. The SMILES string of the molecule is CC(C)(C)CCCCC(NC(C)(C)C)C(=O)N1CC(O)C1. The minimum Gasteiger partial charge on any atom is -0.389 e. The molecule has 2 N–H and O–H groups in total. The van der Waals surface area contributed by atoms with E-state index in [2.05, 4.69) is 46.9 Å². The van der Waals surface area contributed by atoms with Gasteiger partial charge >= 0.3 is 0 Å². The van der Waals surface area contributed by atoms with E-state index in [1.54, 1.807) is 4.90 Å². The third-order valence-electron chi connectivity index (χ3n) is 3.75. The van der Waals surface area contributed by atoms with Crippen LogP contribution in [0.15, 0.2) is 0 Å². The summed E-state index contributed by atoms with van der Waals surface area (Å²) in [7, 11) is 0. The monoisotopic (exact) mass is 298 g/mol. The number of likely N-dealkylation sites (tertiary alicyclic amines) is 1. The average molecular weight is 298 g/mol. The zero-order chi connectivity index (χ0) is 16.3. The maximum atomic E-state index is 12.5. The summed E-state index contributed by atoms with van der Waals surface area (Å²) < 4.78 is 0. The van der Waals surface area contributed by atoms with Gasteiger partial charge in [-0.2, -0.15) is 0 Å². The number of rotatable bonds is 6. The quantitative estimate of drug-likeness (QED) is 0.741. The summed E-state index contributed by atoms with van der Waals surface area (Å²) >= 11 is 0. The number of hydrogen-bond acceptors (Lipinski definition) is 3. The van der Waals surface area contributed by atoms with Gasteiger partial charge in [0.15, 0.2) is 0 Å². The first-order valence-corrected chi connectivity index (χ1v) is 8.22. The number of hydrogen-bond donors (Lipinski definition) is 2. The number of unbranched alkanes of at least 4 members (excludes halogenated alkanes) is 1. The molecule has 0 aliphatic carbocycles. The molecule has 0 radical (unpaired) electrons. The highest BCUT2D eigenvalue weighted by Crippen LogP contribution is 2.23. The van der Waals surface area contributed by atoms with E-state index in [4.69, 9.17) is 0 Å². The summed E-state index contributed by atoms with van der Waals surface area (Å²) in [5, 5.41) is 12.8. The molecule has 1 amide bonds. The third-order valence-corrected chi connectivity index (χ3v) is 3.75. The summed E-state index contributed by atoms with van der Waals surface area (Å²) in [5.74, 6) is 0.144. The largest absolute Gasteiger partial charge is 0.389 e. The van der Waals surface area contributed by atoms with Crippen molar-refractivity contribution in [2.45, 2.75) is 84.9 Å². The van der Waals surface area contributed by atoms with E-state index in [0.717, 1.165) is 19.3 Å². The summed E-state index contributed by atoms with van der Waals surface area (Å²) in [6.07, 6.45) is 3.95. The Balaban J connectivity index is 2.47. The first-order chi connectivity index (χ1) is 9.48. The second-order valence-electron chi connectivity index (χ2n) is 8.65. The number of β-amino-alcohol motifs (C(OH)–C–C–N with tert-alkyl or cyclic N) is 1. The molecular formula is C17H34N2O2. The molecule has 1 aliphatic heterocycles. The highest BCUT2D eigenvalue weighted by molar-refractivity contribution is 5.82. The molecule has 0 spiro atoms. The van der Waals surface area contributed by atoms with Gasteiger partial charge in [0.25, 0.3) is 0 Å². The van der Waals surface area contributed by atoms with Gasteiger partial charge in [-0.3, -0.25) is 4.79 Å². The molecule has 4 nitrogen and oxygen atoms in total. The van der Waals surface area contributed by atoms with Crippen LogP contribution in [-0.2, 0) is 4.79 Å². The van der Waals surface area contributed by atoms with Crippen molar-refractivity contribution < 1.29 is 9.90 Å². The number of amides is 1. The van der Waals surface area contributed by atoms with Gasteiger partial charge in [0, 0.05) is 18.6 Å². The van der Waals surface area contributed by atoms with Crippen LogP contribution in [0.2, 0.25) is 0 Å². The molecule has 21 heavy (non-hydrogen) atoms. The highest BCUT2D eigenvalue weighted by Gasteiger charge is 2.34. The van der Waals surface area contributed by atoms with Gasteiger partial charge in [0.1, 0.15) is 0 Å². The molecule has 1 rings (SSSR count). The fraction of sp³-hybridized carbons (Fsp3) is 0.941. The van der Waals surface area contributed by atoms with Gasteiger partial charge in [-0.1, -0.05) is 33.6 Å². The van der Waals surface area contributed by atoms with E-state index < -0.39 is 0 Å². The van der Waals surface area contributed by atoms with Crippen molar-refractivity contribution in [3.8, 4) is 0 Å². The van der Waals surface area contributed by atoms with Crippen LogP contribution in [0.4, 0.5) is 0 Å². The number of carbonyl (C=O) groups is 1. The fourth-order valence-corrected chi connectivity index (χ4v) is 2.64. The van der Waals surface area contributed by atoms with Crippen LogP contribution in [0, 0.1) is 5.41 Å². The van der Waals surface area contributed by atoms with Crippen molar-refractivity contribution in [1.29, 1.82) is 0 Å². The maximum Gasteiger partial charge on any atom is 0.239 e. The zero-order valence-corrected chi connectivity index (χ0v) is 14.7. The van der Waals surface area contributed by atoms with Gasteiger partial charge in [0.05, 0.1) is 12.1 Å². The zero-order valence-electron chi connectivity index (χ0n) is 14.7. The van der Waals surface area contributed by atoms with Crippen molar-refractivity contribution in [3.05, 3.63) is 0 Å². The van der Waals surface area contributed by atoms with Crippen molar-refractivity contribution in [2.24, 2.45) is 5.41 Å². The Kier molecular flexibility index (Phi) is 6.23. The van der Waals surface area contributed by atoms with Crippen molar-refractivity contribution in [2.75, 3.05) is 13.1 Å². The first kappa shape index (κ1) is 18.4. The van der Waals surface area contributed by atoms with Crippen LogP contribution in [0.3, 0.4) is 0 Å². The molecule has 1 saturated heterocycles. The maximum absolute atomic E-state index is 12.5. The van der Waals surface area contributed by atoms with E-state index in [0.29, 0.717) is 18.5 Å². The predicted octanol–water partition coefficient (Wildman–Crippen LogP) is 2.55. The Morgan fingerprint density at radius 2 is 1.76 bits per heavy atom. The van der Waals surface area contributed by atoms with E-state index in [1.165, 1.54) is 6.42 Å². The van der Waals surface area contributed by atoms with E-state index in [-0.39, 0.29) is 23.6 Å². The predicted molar refractivity (Wildman–Crippen MR) is 87.2 cm³/mol. The second-order valence-corrected chi connectivity index (χ2v) is 8.65. The topological polar surface area (TPSA) is 52.6 Å². The molecule has 1 aliphatic rings. The molecule has 4 heteroatoms. The van der Waals surface area contributed by atoms with Crippen molar-refractivity contribution in [3.63, 3.8) is 0 Å². The summed E-state index contributed by atoms with van der Waals surface area (Å²) in [5.41, 5.74) is 0.284. The van der Waals surface area contributed by atoms with Gasteiger partial charge in [0.2, 0.25) is 5.91 Å². The van der Waals surface area contributed by atoms with E-state index in [9.17, 15) is 9.90 Å². The Morgan fingerprint density at radius 1 is 1.19 bits per heavy atom. The minimum absolute atomic E-state index is 0.0756. The Morgan fingerprint density at radius 3 is 2.19 bits per heavy atom. The van der Waals surface area contributed by atoms with Gasteiger partial charge in [-0.05, 0) is 39.0 Å². The molecule has 1 atom stereocenters. The van der Waals surface area contributed by atoms with Gasteiger partial charge < -0.3 is 15.3 Å². The number of aliphatic hydroxyl groups is 1. The minimum atomic E-state index is -0.329. The summed E-state index contributed by atoms with van der Waals surface area (Å²) in [6, 6.07) is -0.127. The average Bonchev–Trinajstić information content (AvgIpc) is 2.25. The Hall–Kier alpha value is -0.610. The Labute approximate surface area is 130 Å². The van der Waals surface area contributed by atoms with Crippen LogP contribution in [0.25, 0.3) is 0 Å². The molecule has 0 bridgehead atoms. The smallest absolute Gasteiger partial charge is 0.239 e. The van der Waals surface area contributed by atoms with Gasteiger partial charge in [-0.15, -0.1) is 0 Å². The molecule has 1 unspecified atom stereocenters. The van der Waals surface area contributed by atoms with Crippen molar-refractivity contribution >= 4 is 5.91 Å².